The van der Waals surface area contributed by atoms with E-state index >= 15 is 0 Å². The third-order valence-corrected chi connectivity index (χ3v) is 8.16. The van der Waals surface area contributed by atoms with Gasteiger partial charge in [0, 0.05) is 30.6 Å². The van der Waals surface area contributed by atoms with E-state index in [4.69, 9.17) is 9.72 Å². The van der Waals surface area contributed by atoms with E-state index in [9.17, 15) is 18.7 Å². The molecule has 0 spiro atoms. The number of halogens is 2. The summed E-state index contributed by atoms with van der Waals surface area (Å²) in [7, 11) is 1.50. The Hall–Kier alpha value is -4.27. The van der Waals surface area contributed by atoms with Crippen LogP contribution in [-0.4, -0.2) is 43.2 Å². The molecule has 2 aliphatic rings. The molecular weight excluding hydrogens is 502 g/mol. The molecule has 1 N–H and O–H groups in total. The average molecular weight is 529 g/mol. The number of hydrogen-bond donors (Lipinski definition) is 1. The SMILES string of the molecule is COc1cc(C(=O)O)cc2nc3n(c12)Cc1cccc(c1)C1C(CCCCn2c-3cc3cccnc32)C1(F)F. The van der Waals surface area contributed by atoms with E-state index in [2.05, 4.69) is 9.55 Å². The number of aromatic nitrogens is 4. The van der Waals surface area contributed by atoms with Crippen LogP contribution in [0, 0.1) is 5.92 Å². The molecule has 1 saturated carbocycles. The Labute approximate surface area is 222 Å². The molecule has 1 aliphatic heterocycles. The van der Waals surface area contributed by atoms with E-state index in [0.29, 0.717) is 54.1 Å². The van der Waals surface area contributed by atoms with Gasteiger partial charge in [0.15, 0.2) is 5.82 Å². The fourth-order valence-electron chi connectivity index (χ4n) is 6.26. The van der Waals surface area contributed by atoms with Crippen LogP contribution in [-0.2, 0) is 13.1 Å². The van der Waals surface area contributed by atoms with Crippen LogP contribution < -0.4 is 4.74 Å². The van der Waals surface area contributed by atoms with Crippen molar-refractivity contribution in [3.63, 3.8) is 0 Å². The Bertz CT molecular complexity index is 1770. The minimum Gasteiger partial charge on any atom is -0.494 e. The van der Waals surface area contributed by atoms with Crippen molar-refractivity contribution in [1.29, 1.82) is 0 Å². The molecule has 2 bridgehead atoms. The minimum atomic E-state index is -2.70. The van der Waals surface area contributed by atoms with Crippen molar-refractivity contribution < 1.29 is 23.4 Å². The lowest BCUT2D eigenvalue weighted by atomic mass is 10.0. The van der Waals surface area contributed by atoms with Gasteiger partial charge in [-0.3, -0.25) is 0 Å². The zero-order valence-corrected chi connectivity index (χ0v) is 21.3. The first-order valence-electron chi connectivity index (χ1n) is 13.1. The van der Waals surface area contributed by atoms with Gasteiger partial charge >= 0.3 is 5.97 Å². The highest BCUT2D eigenvalue weighted by atomic mass is 19.3. The van der Waals surface area contributed by atoms with Gasteiger partial charge in [-0.1, -0.05) is 30.7 Å². The first-order chi connectivity index (χ1) is 18.9. The molecule has 5 aromatic rings. The van der Waals surface area contributed by atoms with Crippen molar-refractivity contribution in [2.45, 2.75) is 44.2 Å². The fourth-order valence-corrected chi connectivity index (χ4v) is 6.26. The number of hydrogen-bond acceptors (Lipinski definition) is 4. The number of rotatable bonds is 2. The van der Waals surface area contributed by atoms with Gasteiger partial charge in [-0.15, -0.1) is 0 Å². The summed E-state index contributed by atoms with van der Waals surface area (Å²) >= 11 is 0. The second-order valence-electron chi connectivity index (χ2n) is 10.5. The van der Waals surface area contributed by atoms with Crippen molar-refractivity contribution in [2.24, 2.45) is 5.92 Å². The lowest BCUT2D eigenvalue weighted by Gasteiger charge is -2.15. The van der Waals surface area contributed by atoms with Crippen LogP contribution in [0.2, 0.25) is 0 Å². The monoisotopic (exact) mass is 528 g/mol. The lowest BCUT2D eigenvalue weighted by Crippen LogP contribution is -2.08. The van der Waals surface area contributed by atoms with Gasteiger partial charge in [-0.05, 0) is 54.3 Å². The van der Waals surface area contributed by atoms with Gasteiger partial charge in [0.2, 0.25) is 0 Å². The van der Waals surface area contributed by atoms with Gasteiger partial charge in [-0.2, -0.15) is 0 Å². The molecule has 2 aromatic carbocycles. The van der Waals surface area contributed by atoms with Gasteiger partial charge in [0.25, 0.3) is 5.92 Å². The summed E-state index contributed by atoms with van der Waals surface area (Å²) in [6.07, 6.45) is 3.61. The van der Waals surface area contributed by atoms with E-state index in [1.165, 1.54) is 13.2 Å². The summed E-state index contributed by atoms with van der Waals surface area (Å²) in [5.41, 5.74) is 4.36. The number of ether oxygens (including phenoxy) is 1. The van der Waals surface area contributed by atoms with E-state index < -0.39 is 23.7 Å². The molecule has 7 rings (SSSR count). The summed E-state index contributed by atoms with van der Waals surface area (Å²) in [6, 6.07) is 16.4. The van der Waals surface area contributed by atoms with Gasteiger partial charge < -0.3 is 19.0 Å². The van der Waals surface area contributed by atoms with E-state index in [1.807, 2.05) is 41.0 Å². The summed E-state index contributed by atoms with van der Waals surface area (Å²) in [4.78, 5) is 21.4. The summed E-state index contributed by atoms with van der Waals surface area (Å²) in [5.74, 6) is -4.16. The zero-order valence-electron chi connectivity index (χ0n) is 21.3. The quantitative estimate of drug-likeness (QED) is 0.289. The maximum absolute atomic E-state index is 14.9. The third kappa shape index (κ3) is 3.71. The molecule has 1 aliphatic carbocycles. The second-order valence-corrected chi connectivity index (χ2v) is 10.5. The number of methoxy groups -OCH3 is 1. The van der Waals surface area contributed by atoms with E-state index in [-0.39, 0.29) is 5.56 Å². The molecule has 2 atom stereocenters. The Morgan fingerprint density at radius 2 is 1.97 bits per heavy atom. The van der Waals surface area contributed by atoms with Gasteiger partial charge in [0.1, 0.15) is 16.9 Å². The van der Waals surface area contributed by atoms with Crippen molar-refractivity contribution in [3.8, 4) is 17.3 Å². The van der Waals surface area contributed by atoms with Crippen molar-refractivity contribution in [1.82, 2.24) is 19.1 Å². The van der Waals surface area contributed by atoms with E-state index in [1.54, 1.807) is 18.3 Å². The average Bonchev–Trinajstić information content (AvgIpc) is 3.18. The van der Waals surface area contributed by atoms with Crippen LogP contribution in [0.15, 0.2) is 60.8 Å². The van der Waals surface area contributed by atoms with Crippen LogP contribution in [0.1, 0.15) is 46.7 Å². The molecule has 39 heavy (non-hydrogen) atoms. The molecular formula is C30H26F2N4O3. The number of carboxylic acid groups (broad SMARTS) is 1. The number of aryl methyl sites for hydroxylation is 1. The predicted octanol–water partition coefficient (Wildman–Crippen LogP) is 6.34. The minimum absolute atomic E-state index is 0.0765. The standard InChI is InChI=1S/C30H26F2N4O3/c1-39-24-15-20(29(37)38)13-22-26(24)36-16-17-6-4-7-18(12-17)25-21(30(25,31)32)9-2-3-11-35-23(28(36)34-22)14-19-8-5-10-33-27(19)35/h4-8,10,12-15,21,25H,2-3,9,11,16H2,1H3,(H,37,38). The summed E-state index contributed by atoms with van der Waals surface area (Å²) in [5, 5.41) is 10.6. The molecule has 2 unspecified atom stereocenters. The molecule has 9 heteroatoms. The van der Waals surface area contributed by atoms with Crippen LogP contribution >= 0.6 is 0 Å². The molecule has 0 saturated heterocycles. The zero-order chi connectivity index (χ0) is 26.9. The molecule has 7 nitrogen and oxygen atoms in total. The van der Waals surface area contributed by atoms with E-state index in [0.717, 1.165) is 28.7 Å². The number of aromatic carboxylic acids is 1. The Balaban J connectivity index is 1.50. The van der Waals surface area contributed by atoms with Crippen LogP contribution in [0.4, 0.5) is 8.78 Å². The molecule has 0 amide bonds. The lowest BCUT2D eigenvalue weighted by molar-refractivity contribution is 0.0696. The molecule has 1 fully saturated rings. The summed E-state index contributed by atoms with van der Waals surface area (Å²) < 4.78 is 39.5. The first-order valence-corrected chi connectivity index (χ1v) is 13.1. The van der Waals surface area contributed by atoms with Crippen LogP contribution in [0.5, 0.6) is 5.75 Å². The van der Waals surface area contributed by atoms with Gasteiger partial charge in [-0.25, -0.2) is 23.5 Å². The predicted molar refractivity (Wildman–Crippen MR) is 143 cm³/mol. The number of benzene rings is 2. The number of alkyl halides is 2. The highest BCUT2D eigenvalue weighted by molar-refractivity contribution is 5.96. The normalized spacial score (nSPS) is 20.1. The van der Waals surface area contributed by atoms with Crippen LogP contribution in [0.3, 0.4) is 0 Å². The highest BCUT2D eigenvalue weighted by Gasteiger charge is 2.67. The maximum Gasteiger partial charge on any atom is 0.335 e. The Kier molecular flexibility index (Phi) is 5.27. The molecule has 198 valence electrons. The second kappa shape index (κ2) is 8.62. The number of pyridine rings is 1. The van der Waals surface area contributed by atoms with Gasteiger partial charge in [0.05, 0.1) is 29.8 Å². The third-order valence-electron chi connectivity index (χ3n) is 8.16. The number of imidazole rings is 1. The maximum atomic E-state index is 14.9. The largest absolute Gasteiger partial charge is 0.494 e. The summed E-state index contributed by atoms with van der Waals surface area (Å²) in [6.45, 7) is 0.950. The first kappa shape index (κ1) is 23.8. The fraction of sp³-hybridized carbons (Fsp3) is 0.300. The number of nitrogens with zero attached hydrogens (tertiary/aromatic N) is 4. The van der Waals surface area contributed by atoms with Crippen LogP contribution in [0.25, 0.3) is 33.6 Å². The van der Waals surface area contributed by atoms with Crippen molar-refractivity contribution in [2.75, 3.05) is 7.11 Å². The number of carbonyl (C=O) groups is 1. The Morgan fingerprint density at radius 3 is 2.79 bits per heavy atom. The molecule has 4 heterocycles. The topological polar surface area (TPSA) is 82.2 Å². The highest BCUT2D eigenvalue weighted by Crippen LogP contribution is 2.63. The van der Waals surface area contributed by atoms with Crippen molar-refractivity contribution in [3.05, 3.63) is 77.5 Å². The smallest absolute Gasteiger partial charge is 0.335 e. The number of carboxylic acids is 1. The van der Waals surface area contributed by atoms with Crippen molar-refractivity contribution >= 4 is 28.0 Å². The molecule has 0 radical (unpaired) electrons. The number of fused-ring (bicyclic) bond motifs is 11. The molecule has 3 aromatic heterocycles. The Morgan fingerprint density at radius 1 is 1.10 bits per heavy atom.